The van der Waals surface area contributed by atoms with Crippen LogP contribution >= 0.6 is 0 Å². The molecule has 1 fully saturated rings. The fraction of sp³-hybridized carbons (Fsp3) is 0.389. The molecule has 1 aromatic carbocycles. The molecule has 1 atom stereocenters. The van der Waals surface area contributed by atoms with Crippen LogP contribution in [-0.2, 0) is 16.0 Å². The van der Waals surface area contributed by atoms with E-state index in [1.807, 2.05) is 31.2 Å². The van der Waals surface area contributed by atoms with E-state index in [2.05, 4.69) is 5.16 Å². The molecule has 1 saturated heterocycles. The average molecular weight is 343 g/mol. The molecular formula is C18H21N3O4. The van der Waals surface area contributed by atoms with Crippen molar-refractivity contribution in [3.63, 3.8) is 0 Å². The maximum absolute atomic E-state index is 12.5. The van der Waals surface area contributed by atoms with E-state index in [4.69, 9.17) is 9.26 Å². The zero-order chi connectivity index (χ0) is 18.0. The van der Waals surface area contributed by atoms with E-state index in [0.29, 0.717) is 12.3 Å². The van der Waals surface area contributed by atoms with Gasteiger partial charge in [0.05, 0.1) is 19.2 Å². The summed E-state index contributed by atoms with van der Waals surface area (Å²) in [5.74, 6) is 1.01. The number of piperazine rings is 1. The van der Waals surface area contributed by atoms with Crippen molar-refractivity contribution in [2.45, 2.75) is 26.3 Å². The fourth-order valence-electron chi connectivity index (χ4n) is 2.95. The van der Waals surface area contributed by atoms with Crippen molar-refractivity contribution in [2.75, 3.05) is 25.1 Å². The molecule has 0 radical (unpaired) electrons. The van der Waals surface area contributed by atoms with Gasteiger partial charge in [0.2, 0.25) is 11.8 Å². The van der Waals surface area contributed by atoms with Gasteiger partial charge in [-0.25, -0.2) is 0 Å². The first kappa shape index (κ1) is 17.0. The fourth-order valence-corrected chi connectivity index (χ4v) is 2.95. The first-order chi connectivity index (χ1) is 12.0. The molecule has 7 heteroatoms. The van der Waals surface area contributed by atoms with Crippen LogP contribution < -0.4 is 9.64 Å². The number of aryl methyl sites for hydroxylation is 1. The number of nitrogens with zero attached hydrogens (tertiary/aromatic N) is 3. The van der Waals surface area contributed by atoms with Gasteiger partial charge in [0.1, 0.15) is 18.1 Å². The molecule has 0 saturated carbocycles. The van der Waals surface area contributed by atoms with Gasteiger partial charge in [-0.15, -0.1) is 0 Å². The number of benzene rings is 1. The maximum Gasteiger partial charge on any atom is 0.246 e. The van der Waals surface area contributed by atoms with Gasteiger partial charge in [-0.05, 0) is 38.1 Å². The SMILES string of the molecule is COc1ccc(N2C[C@@H](C)N(C(=O)Cc3cc(C)no3)CC2=O)cc1. The monoisotopic (exact) mass is 343 g/mol. The summed E-state index contributed by atoms with van der Waals surface area (Å²) in [5, 5.41) is 3.78. The number of methoxy groups -OCH3 is 1. The zero-order valence-electron chi connectivity index (χ0n) is 14.6. The minimum absolute atomic E-state index is 0.0547. The number of rotatable bonds is 4. The number of anilines is 1. The van der Waals surface area contributed by atoms with Crippen molar-refractivity contribution in [1.82, 2.24) is 10.1 Å². The van der Waals surface area contributed by atoms with Crippen LogP contribution in [0.2, 0.25) is 0 Å². The van der Waals surface area contributed by atoms with Crippen molar-refractivity contribution < 1.29 is 18.8 Å². The van der Waals surface area contributed by atoms with E-state index >= 15 is 0 Å². The highest BCUT2D eigenvalue weighted by Crippen LogP contribution is 2.23. The molecule has 1 aliphatic heterocycles. The first-order valence-electron chi connectivity index (χ1n) is 8.14. The van der Waals surface area contributed by atoms with Crippen LogP contribution in [0.1, 0.15) is 18.4 Å². The molecular weight excluding hydrogens is 322 g/mol. The highest BCUT2D eigenvalue weighted by molar-refractivity contribution is 5.98. The molecule has 3 rings (SSSR count). The Labute approximate surface area is 146 Å². The van der Waals surface area contributed by atoms with Crippen molar-refractivity contribution in [2.24, 2.45) is 0 Å². The summed E-state index contributed by atoms with van der Waals surface area (Å²) in [6.45, 7) is 4.25. The molecule has 25 heavy (non-hydrogen) atoms. The summed E-state index contributed by atoms with van der Waals surface area (Å²) < 4.78 is 10.2. The Kier molecular flexibility index (Phi) is 4.74. The van der Waals surface area contributed by atoms with E-state index in [9.17, 15) is 9.59 Å². The van der Waals surface area contributed by atoms with Gasteiger partial charge >= 0.3 is 0 Å². The second-order valence-electron chi connectivity index (χ2n) is 6.18. The van der Waals surface area contributed by atoms with Crippen LogP contribution in [0.25, 0.3) is 0 Å². The lowest BCUT2D eigenvalue weighted by molar-refractivity contribution is -0.139. The normalized spacial score (nSPS) is 17.7. The van der Waals surface area contributed by atoms with E-state index in [0.717, 1.165) is 17.1 Å². The van der Waals surface area contributed by atoms with Crippen LogP contribution in [0.15, 0.2) is 34.9 Å². The van der Waals surface area contributed by atoms with Gasteiger partial charge in [0.15, 0.2) is 0 Å². The van der Waals surface area contributed by atoms with Gasteiger partial charge < -0.3 is 19.1 Å². The maximum atomic E-state index is 12.5. The first-order valence-corrected chi connectivity index (χ1v) is 8.14. The number of carbonyl (C=O) groups is 2. The molecule has 2 amide bonds. The molecule has 0 bridgehead atoms. The van der Waals surface area contributed by atoms with Crippen LogP contribution in [0.5, 0.6) is 5.75 Å². The van der Waals surface area contributed by atoms with Crippen molar-refractivity contribution in [1.29, 1.82) is 0 Å². The Morgan fingerprint density at radius 2 is 2.08 bits per heavy atom. The number of ether oxygens (including phenoxy) is 1. The molecule has 1 aromatic heterocycles. The largest absolute Gasteiger partial charge is 0.497 e. The molecule has 132 valence electrons. The number of aromatic nitrogens is 1. The van der Waals surface area contributed by atoms with Gasteiger partial charge in [0.25, 0.3) is 0 Å². The van der Waals surface area contributed by atoms with Gasteiger partial charge in [-0.3, -0.25) is 9.59 Å². The number of hydrogen-bond donors (Lipinski definition) is 0. The van der Waals surface area contributed by atoms with Crippen molar-refractivity contribution in [3.05, 3.63) is 41.8 Å². The Balaban J connectivity index is 1.68. The third-order valence-electron chi connectivity index (χ3n) is 4.29. The lowest BCUT2D eigenvalue weighted by atomic mass is 10.1. The molecule has 1 aliphatic rings. The van der Waals surface area contributed by atoms with Gasteiger partial charge in [0, 0.05) is 24.3 Å². The van der Waals surface area contributed by atoms with Gasteiger partial charge in [-0.1, -0.05) is 5.16 Å². The highest BCUT2D eigenvalue weighted by Gasteiger charge is 2.33. The Bertz CT molecular complexity index is 769. The summed E-state index contributed by atoms with van der Waals surface area (Å²) in [4.78, 5) is 28.3. The molecule has 2 aromatic rings. The van der Waals surface area contributed by atoms with Crippen LogP contribution in [-0.4, -0.2) is 48.1 Å². The molecule has 2 heterocycles. The topological polar surface area (TPSA) is 75.9 Å². The van der Waals surface area contributed by atoms with Crippen molar-refractivity contribution >= 4 is 17.5 Å². The quantitative estimate of drug-likeness (QED) is 0.846. The Morgan fingerprint density at radius 1 is 1.36 bits per heavy atom. The number of carbonyl (C=O) groups excluding carboxylic acids is 2. The van der Waals surface area contributed by atoms with Crippen LogP contribution in [0, 0.1) is 6.92 Å². The Hall–Kier alpha value is -2.83. The van der Waals surface area contributed by atoms with E-state index < -0.39 is 0 Å². The number of amides is 2. The van der Waals surface area contributed by atoms with E-state index in [1.165, 1.54) is 0 Å². The standard InChI is InChI=1S/C18H21N3O4/c1-12-8-16(25-19-12)9-17(22)20-11-18(23)21(10-13(20)2)14-4-6-15(24-3)7-5-14/h4-8,13H,9-11H2,1-3H3/t13-/m1/s1. The van der Waals surface area contributed by atoms with Gasteiger partial charge in [-0.2, -0.15) is 0 Å². The average Bonchev–Trinajstić information content (AvgIpc) is 3.01. The van der Waals surface area contributed by atoms with Crippen LogP contribution in [0.4, 0.5) is 5.69 Å². The van der Waals surface area contributed by atoms with E-state index in [-0.39, 0.29) is 30.8 Å². The summed E-state index contributed by atoms with van der Waals surface area (Å²) in [6.07, 6.45) is 0.112. The third kappa shape index (κ3) is 3.65. The zero-order valence-corrected chi connectivity index (χ0v) is 14.6. The predicted molar refractivity (Wildman–Crippen MR) is 91.5 cm³/mol. The summed E-state index contributed by atoms with van der Waals surface area (Å²) in [7, 11) is 1.60. The van der Waals surface area contributed by atoms with Crippen molar-refractivity contribution in [3.8, 4) is 5.75 Å². The smallest absolute Gasteiger partial charge is 0.246 e. The summed E-state index contributed by atoms with van der Waals surface area (Å²) in [6, 6.07) is 8.97. The molecule has 0 N–H and O–H groups in total. The lowest BCUT2D eigenvalue weighted by Crippen LogP contribution is -2.57. The highest BCUT2D eigenvalue weighted by atomic mass is 16.5. The Morgan fingerprint density at radius 3 is 2.68 bits per heavy atom. The minimum Gasteiger partial charge on any atom is -0.497 e. The molecule has 0 spiro atoms. The minimum atomic E-state index is -0.133. The lowest BCUT2D eigenvalue weighted by Gasteiger charge is -2.39. The third-order valence-corrected chi connectivity index (χ3v) is 4.29. The molecule has 7 nitrogen and oxygen atoms in total. The second kappa shape index (κ2) is 6.96. The second-order valence-corrected chi connectivity index (χ2v) is 6.18. The summed E-state index contributed by atoms with van der Waals surface area (Å²) in [5.41, 5.74) is 1.53. The van der Waals surface area contributed by atoms with E-state index in [1.54, 1.807) is 29.9 Å². The summed E-state index contributed by atoms with van der Waals surface area (Å²) >= 11 is 0. The van der Waals surface area contributed by atoms with Crippen LogP contribution in [0.3, 0.4) is 0 Å². The molecule has 0 aliphatic carbocycles. The molecule has 0 unspecified atom stereocenters. The predicted octanol–water partition coefficient (Wildman–Crippen LogP) is 1.80. The number of hydrogen-bond acceptors (Lipinski definition) is 5.